The van der Waals surface area contributed by atoms with Gasteiger partial charge in [-0.2, -0.15) is 0 Å². The Morgan fingerprint density at radius 2 is 2.26 bits per heavy atom. The largest absolute Gasteiger partial charge is 0.390 e. The predicted molar refractivity (Wildman–Crippen MR) is 64.9 cm³/mol. The molecule has 2 rings (SSSR count). The van der Waals surface area contributed by atoms with Crippen LogP contribution in [-0.4, -0.2) is 50.8 Å². The van der Waals surface area contributed by atoms with Crippen molar-refractivity contribution < 1.29 is 14.9 Å². The average Bonchev–Trinajstić information content (AvgIpc) is 2.42. The molecule has 0 aliphatic carbocycles. The molecule has 1 aliphatic rings. The minimum atomic E-state index is -1.23. The van der Waals surface area contributed by atoms with E-state index in [0.29, 0.717) is 5.82 Å². The number of hydrogen-bond donors (Lipinski definition) is 3. The van der Waals surface area contributed by atoms with Crippen molar-refractivity contribution in [1.82, 2.24) is 9.97 Å². The first kappa shape index (κ1) is 13.5. The molecule has 0 bridgehead atoms. The molecule has 19 heavy (non-hydrogen) atoms. The Bertz CT molecular complexity index is 466. The fourth-order valence-corrected chi connectivity index (χ4v) is 1.91. The van der Waals surface area contributed by atoms with Gasteiger partial charge in [-0.25, -0.2) is 9.97 Å². The number of aromatic nitrogens is 2. The minimum absolute atomic E-state index is 0.459. The number of rotatable bonds is 3. The Hall–Kier alpha value is -1.93. The molecular weight excluding hydrogens is 252 g/mol. The average molecular weight is 266 g/mol. The number of nitrogens with one attached hydrogen (secondary N) is 1. The van der Waals surface area contributed by atoms with Gasteiger partial charge in [0.1, 0.15) is 18.2 Å². The van der Waals surface area contributed by atoms with E-state index in [0.717, 1.165) is 0 Å². The van der Waals surface area contributed by atoms with E-state index in [4.69, 9.17) is 10.3 Å². The van der Waals surface area contributed by atoms with Crippen LogP contribution >= 0.6 is 0 Å². The fourth-order valence-electron chi connectivity index (χ4n) is 1.91. The van der Waals surface area contributed by atoms with E-state index in [1.165, 1.54) is 12.5 Å². The zero-order valence-electron chi connectivity index (χ0n) is 10.2. The van der Waals surface area contributed by atoms with Crippen LogP contribution in [0, 0.1) is 0 Å². The highest BCUT2D eigenvalue weighted by atomic mass is 16.5. The highest BCUT2D eigenvalue weighted by molar-refractivity contribution is 5.33. The summed E-state index contributed by atoms with van der Waals surface area (Å²) in [5.41, 5.74) is 8.42. The van der Waals surface area contributed by atoms with E-state index in [2.05, 4.69) is 25.3 Å². The number of nitrogens with zero attached hydrogens (tertiary/aromatic N) is 5. The van der Waals surface area contributed by atoms with Crippen LogP contribution in [0.5, 0.6) is 0 Å². The number of ether oxygens (including phenoxy) is 1. The van der Waals surface area contributed by atoms with E-state index in [1.54, 1.807) is 13.0 Å². The zero-order chi connectivity index (χ0) is 13.8. The molecule has 1 saturated heterocycles. The van der Waals surface area contributed by atoms with Crippen molar-refractivity contribution in [1.29, 1.82) is 0 Å². The Kier molecular flexibility index (Phi) is 4.13. The molecule has 1 aromatic rings. The van der Waals surface area contributed by atoms with Crippen LogP contribution in [0.4, 0.5) is 5.82 Å². The quantitative estimate of drug-likeness (QED) is 0.401. The first-order valence-electron chi connectivity index (χ1n) is 5.72. The lowest BCUT2D eigenvalue weighted by atomic mass is 9.97. The van der Waals surface area contributed by atoms with Crippen LogP contribution in [0.2, 0.25) is 0 Å². The lowest BCUT2D eigenvalue weighted by molar-refractivity contribution is -0.163. The van der Waals surface area contributed by atoms with Crippen LogP contribution < -0.4 is 5.32 Å². The highest BCUT2D eigenvalue weighted by Crippen LogP contribution is 2.24. The number of aliphatic hydroxyl groups is 2. The van der Waals surface area contributed by atoms with Gasteiger partial charge in [-0.3, -0.25) is 0 Å². The summed E-state index contributed by atoms with van der Waals surface area (Å²) in [6.45, 7) is 1.66. The molecule has 9 heteroatoms. The molecule has 1 aliphatic heterocycles. The molecule has 0 unspecified atom stereocenters. The maximum Gasteiger partial charge on any atom is 0.157 e. The summed E-state index contributed by atoms with van der Waals surface area (Å²) in [6, 6.07) is 0.774. The third-order valence-electron chi connectivity index (χ3n) is 2.91. The molecule has 0 aromatic carbocycles. The van der Waals surface area contributed by atoms with Gasteiger partial charge in [0.15, 0.2) is 6.23 Å². The van der Waals surface area contributed by atoms with Gasteiger partial charge < -0.3 is 20.3 Å². The molecule has 0 spiro atoms. The van der Waals surface area contributed by atoms with Gasteiger partial charge >= 0.3 is 0 Å². The summed E-state index contributed by atoms with van der Waals surface area (Å²) in [5, 5.41) is 26.1. The molecule has 1 aromatic heterocycles. The van der Waals surface area contributed by atoms with Crippen molar-refractivity contribution in [3.05, 3.63) is 29.0 Å². The van der Waals surface area contributed by atoms with Gasteiger partial charge in [-0.15, -0.1) is 0 Å². The van der Waals surface area contributed by atoms with Crippen LogP contribution in [0.25, 0.3) is 10.4 Å². The van der Waals surface area contributed by atoms with Gasteiger partial charge in [-0.05, 0) is 18.5 Å². The van der Waals surface area contributed by atoms with Crippen LogP contribution in [0.3, 0.4) is 0 Å². The summed E-state index contributed by atoms with van der Waals surface area (Å²) in [6.07, 6.45) is -0.938. The Labute approximate surface area is 108 Å². The number of anilines is 1. The smallest absolute Gasteiger partial charge is 0.157 e. The van der Waals surface area contributed by atoms with E-state index >= 15 is 0 Å². The monoisotopic (exact) mass is 266 g/mol. The molecule has 2 heterocycles. The van der Waals surface area contributed by atoms with Crippen molar-refractivity contribution in [3.63, 3.8) is 0 Å². The van der Waals surface area contributed by atoms with Crippen molar-refractivity contribution in [2.24, 2.45) is 5.11 Å². The molecule has 0 radical (unpaired) electrons. The van der Waals surface area contributed by atoms with Crippen LogP contribution in [0.1, 0.15) is 6.92 Å². The predicted octanol–water partition coefficient (Wildman–Crippen LogP) is 0.0340. The van der Waals surface area contributed by atoms with Crippen molar-refractivity contribution in [3.8, 4) is 0 Å². The third kappa shape index (κ3) is 2.91. The summed E-state index contributed by atoms with van der Waals surface area (Å²) < 4.78 is 5.49. The van der Waals surface area contributed by atoms with E-state index < -0.39 is 30.6 Å². The Morgan fingerprint density at radius 1 is 1.47 bits per heavy atom. The molecule has 5 atom stereocenters. The summed E-state index contributed by atoms with van der Waals surface area (Å²) >= 11 is 0. The van der Waals surface area contributed by atoms with Crippen molar-refractivity contribution in [2.75, 3.05) is 5.32 Å². The van der Waals surface area contributed by atoms with Gasteiger partial charge in [0.25, 0.3) is 0 Å². The molecule has 0 amide bonds. The topological polar surface area (TPSA) is 136 Å². The number of hydrogen-bond acceptors (Lipinski definition) is 7. The Morgan fingerprint density at radius 3 is 2.89 bits per heavy atom. The maximum absolute atomic E-state index is 9.95. The zero-order valence-corrected chi connectivity index (χ0v) is 10.2. The highest BCUT2D eigenvalue weighted by Gasteiger charge is 2.42. The van der Waals surface area contributed by atoms with Crippen molar-refractivity contribution >= 4 is 5.82 Å². The molecule has 9 nitrogen and oxygen atoms in total. The van der Waals surface area contributed by atoms with Gasteiger partial charge in [-0.1, -0.05) is 5.11 Å². The lowest BCUT2D eigenvalue weighted by Gasteiger charge is -2.40. The number of azide groups is 1. The molecule has 0 saturated carbocycles. The summed E-state index contributed by atoms with van der Waals surface area (Å²) in [5.74, 6) is 0.459. The first-order valence-corrected chi connectivity index (χ1v) is 5.72. The second kappa shape index (κ2) is 5.81. The van der Waals surface area contributed by atoms with Gasteiger partial charge in [0.2, 0.25) is 0 Å². The van der Waals surface area contributed by atoms with E-state index in [1.807, 2.05) is 0 Å². The minimum Gasteiger partial charge on any atom is -0.390 e. The van der Waals surface area contributed by atoms with Gasteiger partial charge in [0.05, 0.1) is 18.2 Å². The SMILES string of the molecule is C[C@@H]1O[C@H](Nc2ccncn2)[C@H](O)[C@H](O)[C@H]1N=[N+]=[N-]. The van der Waals surface area contributed by atoms with E-state index in [9.17, 15) is 10.2 Å². The molecule has 1 fully saturated rings. The molecule has 3 N–H and O–H groups in total. The molecule has 102 valence electrons. The van der Waals surface area contributed by atoms with Crippen molar-refractivity contribution in [2.45, 2.75) is 37.5 Å². The van der Waals surface area contributed by atoms with Crippen LogP contribution in [-0.2, 0) is 4.74 Å². The normalized spacial score (nSPS) is 34.4. The van der Waals surface area contributed by atoms with E-state index in [-0.39, 0.29) is 0 Å². The molecular formula is C10H14N6O3. The fraction of sp³-hybridized carbons (Fsp3) is 0.600. The summed E-state index contributed by atoms with van der Waals surface area (Å²) in [7, 11) is 0. The second-order valence-corrected chi connectivity index (χ2v) is 4.18. The maximum atomic E-state index is 9.95. The van der Waals surface area contributed by atoms with Crippen LogP contribution in [0.15, 0.2) is 23.7 Å². The first-order chi connectivity index (χ1) is 9.13. The number of aliphatic hydroxyl groups excluding tert-OH is 2. The standard InChI is InChI=1S/C10H14N6O3/c1-5-7(15-16-11)8(17)9(18)10(19-5)14-6-2-3-12-4-13-6/h2-5,7-10,17-18H,1H3,(H,12,13,14)/t5-,7-,8+,9+,10-/m0/s1. The second-order valence-electron chi connectivity index (χ2n) is 4.18. The third-order valence-corrected chi connectivity index (χ3v) is 2.91. The van der Waals surface area contributed by atoms with Gasteiger partial charge in [0, 0.05) is 11.1 Å². The Balaban J connectivity index is 2.10. The summed E-state index contributed by atoms with van der Waals surface area (Å²) in [4.78, 5) is 10.3. The lowest BCUT2D eigenvalue weighted by Crippen LogP contribution is -2.58.